The Bertz CT molecular complexity index is 554. The molecule has 1 aromatic carbocycles. The Morgan fingerprint density at radius 3 is 2.41 bits per heavy atom. The van der Waals surface area contributed by atoms with Crippen molar-refractivity contribution in [2.24, 2.45) is 0 Å². The van der Waals surface area contributed by atoms with E-state index in [-0.39, 0.29) is 10.8 Å². The summed E-state index contributed by atoms with van der Waals surface area (Å²) in [7, 11) is -0.125. The molecule has 22 heavy (non-hydrogen) atoms. The minimum absolute atomic E-state index is 0.0318. The van der Waals surface area contributed by atoms with Crippen molar-refractivity contribution in [3.05, 3.63) is 35.4 Å². The Kier molecular flexibility index (Phi) is 6.14. The van der Waals surface area contributed by atoms with Crippen molar-refractivity contribution in [2.75, 3.05) is 7.11 Å². The largest absolute Gasteiger partial charge is 0.496 e. The molecule has 0 aliphatic heterocycles. The van der Waals surface area contributed by atoms with Crippen LogP contribution < -0.4 is 4.74 Å². The third-order valence-corrected chi connectivity index (χ3v) is 8.69. The normalized spacial score (nSPS) is 12.7. The van der Waals surface area contributed by atoms with Gasteiger partial charge in [0.15, 0.2) is 14.1 Å². The van der Waals surface area contributed by atoms with Crippen molar-refractivity contribution < 1.29 is 14.0 Å². The van der Waals surface area contributed by atoms with Crippen LogP contribution >= 0.6 is 0 Å². The molecule has 0 aliphatic carbocycles. The first kappa shape index (κ1) is 18.7. The van der Waals surface area contributed by atoms with E-state index in [1.807, 2.05) is 18.2 Å². The van der Waals surface area contributed by atoms with Crippen LogP contribution in [-0.2, 0) is 15.8 Å². The van der Waals surface area contributed by atoms with Gasteiger partial charge in [-0.15, -0.1) is 0 Å². The number of allylic oxidation sites excluding steroid dienone is 1. The maximum atomic E-state index is 11.0. The van der Waals surface area contributed by atoms with Crippen molar-refractivity contribution in [3.63, 3.8) is 0 Å². The van der Waals surface area contributed by atoms with Gasteiger partial charge in [-0.25, -0.2) is 0 Å². The van der Waals surface area contributed by atoms with Gasteiger partial charge in [0.05, 0.1) is 13.7 Å². The number of benzene rings is 1. The molecule has 3 nitrogen and oxygen atoms in total. The lowest BCUT2D eigenvalue weighted by molar-refractivity contribution is -0.112. The molecule has 4 heteroatoms. The third kappa shape index (κ3) is 5.11. The van der Waals surface area contributed by atoms with E-state index in [1.54, 1.807) is 19.3 Å². The molecular weight excluding hydrogens is 292 g/mol. The number of hydrogen-bond acceptors (Lipinski definition) is 3. The fourth-order valence-electron chi connectivity index (χ4n) is 1.67. The lowest BCUT2D eigenvalue weighted by Gasteiger charge is -2.36. The van der Waals surface area contributed by atoms with Crippen LogP contribution in [-0.4, -0.2) is 21.2 Å². The molecule has 1 aromatic rings. The zero-order valence-corrected chi connectivity index (χ0v) is 15.8. The zero-order valence-electron chi connectivity index (χ0n) is 14.8. The lowest BCUT2D eigenvalue weighted by Crippen LogP contribution is -2.40. The van der Waals surface area contributed by atoms with E-state index >= 15 is 0 Å². The molecule has 0 N–H and O–H groups in total. The summed E-state index contributed by atoms with van der Waals surface area (Å²) in [5.74, 6) is 0.828. The predicted octanol–water partition coefficient (Wildman–Crippen LogP) is 4.82. The molecule has 0 saturated carbocycles. The topological polar surface area (TPSA) is 35.5 Å². The van der Waals surface area contributed by atoms with Crippen LogP contribution in [0.1, 0.15) is 38.8 Å². The molecule has 0 bridgehead atoms. The van der Waals surface area contributed by atoms with Crippen molar-refractivity contribution in [2.45, 2.75) is 52.4 Å². The second-order valence-corrected chi connectivity index (χ2v) is 11.9. The molecule has 0 heterocycles. The van der Waals surface area contributed by atoms with Crippen LogP contribution in [0.3, 0.4) is 0 Å². The summed E-state index contributed by atoms with van der Waals surface area (Å²) < 4.78 is 11.7. The Morgan fingerprint density at radius 2 is 1.91 bits per heavy atom. The Balaban J connectivity index is 2.90. The van der Waals surface area contributed by atoms with Crippen LogP contribution in [0.15, 0.2) is 24.3 Å². The molecule has 0 atom stereocenters. The van der Waals surface area contributed by atoms with E-state index in [2.05, 4.69) is 33.9 Å². The zero-order chi connectivity index (χ0) is 17.0. The van der Waals surface area contributed by atoms with E-state index in [1.165, 1.54) is 6.92 Å². The molecular formula is C18H28O3Si. The van der Waals surface area contributed by atoms with E-state index in [4.69, 9.17) is 9.16 Å². The fourth-order valence-corrected chi connectivity index (χ4v) is 2.62. The molecule has 0 radical (unpaired) electrons. The highest BCUT2D eigenvalue weighted by atomic mass is 28.4. The number of ether oxygens (including phenoxy) is 1. The van der Waals surface area contributed by atoms with Gasteiger partial charge in [0.2, 0.25) is 0 Å². The highest BCUT2D eigenvalue weighted by Gasteiger charge is 2.37. The van der Waals surface area contributed by atoms with Gasteiger partial charge < -0.3 is 9.16 Å². The molecule has 1 rings (SSSR count). The second kappa shape index (κ2) is 7.25. The number of ketones is 1. The number of carbonyl (C=O) groups excluding carboxylic acids is 1. The molecule has 0 amide bonds. The monoisotopic (exact) mass is 320 g/mol. The average molecular weight is 321 g/mol. The van der Waals surface area contributed by atoms with E-state index < -0.39 is 8.32 Å². The molecule has 0 saturated heterocycles. The number of methoxy groups -OCH3 is 1. The second-order valence-electron chi connectivity index (χ2n) is 7.06. The number of rotatable bonds is 6. The summed E-state index contributed by atoms with van der Waals surface area (Å²) in [6, 6.07) is 5.92. The quantitative estimate of drug-likeness (QED) is 0.557. The van der Waals surface area contributed by atoms with Gasteiger partial charge in [-0.2, -0.15) is 0 Å². The summed E-state index contributed by atoms with van der Waals surface area (Å²) in [5, 5.41) is 0.185. The third-order valence-electron chi connectivity index (χ3n) is 4.22. The number of carbonyl (C=O) groups is 1. The van der Waals surface area contributed by atoms with Gasteiger partial charge in [-0.05, 0) is 42.8 Å². The van der Waals surface area contributed by atoms with E-state index in [0.717, 1.165) is 16.9 Å². The first-order valence-corrected chi connectivity index (χ1v) is 10.5. The molecule has 122 valence electrons. The van der Waals surface area contributed by atoms with E-state index in [0.29, 0.717) is 6.61 Å². The SMILES string of the molecule is COc1cc(/C=C/C(C)=O)ccc1CO[Si](C)(C)C(C)(C)C. The van der Waals surface area contributed by atoms with Crippen molar-refractivity contribution >= 4 is 20.2 Å². The smallest absolute Gasteiger partial charge is 0.192 e. The highest BCUT2D eigenvalue weighted by Crippen LogP contribution is 2.37. The standard InChI is InChI=1S/C18H28O3Si/c1-14(19)8-9-15-10-11-16(17(12-15)20-5)13-21-22(6,7)18(2,3)4/h8-12H,13H2,1-7H3/b9-8+. The Morgan fingerprint density at radius 1 is 1.27 bits per heavy atom. The van der Waals surface area contributed by atoms with Crippen molar-refractivity contribution in [1.82, 2.24) is 0 Å². The molecule has 0 spiro atoms. The summed E-state index contributed by atoms with van der Waals surface area (Å²) in [6.07, 6.45) is 3.35. The van der Waals surface area contributed by atoms with Gasteiger partial charge in [0.25, 0.3) is 0 Å². The first-order valence-electron chi connectivity index (χ1n) is 7.56. The Hall–Kier alpha value is -1.39. The van der Waals surface area contributed by atoms with Gasteiger partial charge in [0, 0.05) is 5.56 Å². The van der Waals surface area contributed by atoms with E-state index in [9.17, 15) is 4.79 Å². The molecule has 0 unspecified atom stereocenters. The van der Waals surface area contributed by atoms with Crippen LogP contribution in [0.5, 0.6) is 5.75 Å². The minimum atomic E-state index is -1.78. The molecule has 0 aliphatic rings. The summed E-state index contributed by atoms with van der Waals surface area (Å²) >= 11 is 0. The summed E-state index contributed by atoms with van der Waals surface area (Å²) in [6.45, 7) is 13.3. The minimum Gasteiger partial charge on any atom is -0.496 e. The average Bonchev–Trinajstić information content (AvgIpc) is 2.41. The van der Waals surface area contributed by atoms with Gasteiger partial charge in [-0.1, -0.05) is 39.0 Å². The van der Waals surface area contributed by atoms with Crippen molar-refractivity contribution in [1.29, 1.82) is 0 Å². The Labute approximate surface area is 135 Å². The van der Waals surface area contributed by atoms with Crippen LogP contribution in [0, 0.1) is 0 Å². The van der Waals surface area contributed by atoms with Crippen molar-refractivity contribution in [3.8, 4) is 5.75 Å². The first-order chi connectivity index (χ1) is 10.1. The maximum Gasteiger partial charge on any atom is 0.192 e. The predicted molar refractivity (Wildman–Crippen MR) is 94.7 cm³/mol. The van der Waals surface area contributed by atoms with Crippen LogP contribution in [0.25, 0.3) is 6.08 Å². The lowest BCUT2D eigenvalue weighted by atomic mass is 10.1. The number of hydrogen-bond donors (Lipinski definition) is 0. The maximum absolute atomic E-state index is 11.0. The van der Waals surface area contributed by atoms with Gasteiger partial charge >= 0.3 is 0 Å². The fraction of sp³-hybridized carbons (Fsp3) is 0.500. The van der Waals surface area contributed by atoms with Crippen LogP contribution in [0.4, 0.5) is 0 Å². The molecule has 0 fully saturated rings. The van der Waals surface area contributed by atoms with Gasteiger partial charge in [0.1, 0.15) is 5.75 Å². The van der Waals surface area contributed by atoms with Gasteiger partial charge in [-0.3, -0.25) is 4.79 Å². The van der Waals surface area contributed by atoms with Crippen LogP contribution in [0.2, 0.25) is 18.1 Å². The highest BCUT2D eigenvalue weighted by molar-refractivity contribution is 6.74. The summed E-state index contributed by atoms with van der Waals surface area (Å²) in [5.41, 5.74) is 1.98. The molecule has 0 aromatic heterocycles. The summed E-state index contributed by atoms with van der Waals surface area (Å²) in [4.78, 5) is 11.0.